The number of halogens is 5. The van der Waals surface area contributed by atoms with Gasteiger partial charge < -0.3 is 10.2 Å². The lowest BCUT2D eigenvalue weighted by Crippen LogP contribution is -2.20. The van der Waals surface area contributed by atoms with Crippen LogP contribution in [0.1, 0.15) is 26.3 Å². The van der Waals surface area contributed by atoms with Crippen LogP contribution in [0.4, 0.5) is 17.6 Å². The van der Waals surface area contributed by atoms with E-state index in [0.29, 0.717) is 10.7 Å². The minimum atomic E-state index is -4.90. The molecule has 11 heteroatoms. The first-order chi connectivity index (χ1) is 15.5. The number of rotatable bonds is 3. The van der Waals surface area contributed by atoms with Gasteiger partial charge in [-0.2, -0.15) is 23.0 Å². The molecule has 0 spiro atoms. The fraction of sp³-hybridized carbons (Fsp3) is 0.0455. The molecule has 0 aliphatic rings. The zero-order valence-corrected chi connectivity index (χ0v) is 16.9. The fourth-order valence-corrected chi connectivity index (χ4v) is 3.67. The molecule has 0 atom stereocenters. The molecule has 0 fully saturated rings. The number of hydrogen-bond donors (Lipinski definition) is 2. The Labute approximate surface area is 187 Å². The van der Waals surface area contributed by atoms with Gasteiger partial charge in [0.05, 0.1) is 32.6 Å². The summed E-state index contributed by atoms with van der Waals surface area (Å²) in [6, 6.07) is 9.55. The number of aromatic hydroxyl groups is 1. The van der Waals surface area contributed by atoms with Crippen molar-refractivity contribution in [2.45, 2.75) is 6.18 Å². The van der Waals surface area contributed by atoms with E-state index >= 15 is 0 Å². The van der Waals surface area contributed by atoms with Crippen molar-refractivity contribution >= 4 is 34.4 Å². The Morgan fingerprint density at radius 1 is 1.03 bits per heavy atom. The summed E-state index contributed by atoms with van der Waals surface area (Å²) in [5.41, 5.74) is -3.01. The summed E-state index contributed by atoms with van der Waals surface area (Å²) < 4.78 is 55.9. The molecule has 0 aliphatic carbocycles. The average molecular weight is 479 g/mol. The van der Waals surface area contributed by atoms with Crippen molar-refractivity contribution in [1.82, 2.24) is 9.78 Å². The van der Waals surface area contributed by atoms with Gasteiger partial charge in [0, 0.05) is 5.56 Å². The molecule has 4 rings (SSSR count). The summed E-state index contributed by atoms with van der Waals surface area (Å²) in [5.74, 6) is -4.03. The topological polar surface area (TPSA) is 92.4 Å². The van der Waals surface area contributed by atoms with Gasteiger partial charge in [-0.05, 0) is 42.5 Å². The number of aromatic carboxylic acids is 1. The SMILES string of the molecule is O=C(O)c1ccc(-c2nn(C(=O)c3c(Cl)cccc3C(F)(F)F)c3cccc(F)c23)c(O)c1. The molecule has 0 radical (unpaired) electrons. The molecule has 1 heterocycles. The number of nitrogens with zero attached hydrogens (tertiary/aromatic N) is 2. The quantitative estimate of drug-likeness (QED) is 0.374. The number of carbonyl (C=O) groups is 2. The van der Waals surface area contributed by atoms with Gasteiger partial charge >= 0.3 is 12.1 Å². The highest BCUT2D eigenvalue weighted by Gasteiger charge is 2.37. The Bertz CT molecular complexity index is 1450. The van der Waals surface area contributed by atoms with E-state index in [-0.39, 0.29) is 27.7 Å². The van der Waals surface area contributed by atoms with Crippen LogP contribution in [-0.2, 0) is 6.18 Å². The highest BCUT2D eigenvalue weighted by Crippen LogP contribution is 2.38. The summed E-state index contributed by atoms with van der Waals surface area (Å²) in [6.07, 6.45) is -4.90. The number of phenolic OH excluding ortho intramolecular Hbond substituents is 1. The van der Waals surface area contributed by atoms with Crippen LogP contribution in [0.2, 0.25) is 5.02 Å². The standard InChI is InChI=1S/C22H11ClF4N2O4/c23-13-4-1-3-12(22(25,26)27)17(13)20(31)29-15-6-2-5-14(24)18(15)19(28-29)11-8-7-10(21(32)33)9-16(11)30/h1-9,30H,(H,32,33). The van der Waals surface area contributed by atoms with Crippen molar-refractivity contribution in [3.63, 3.8) is 0 Å². The lowest BCUT2D eigenvalue weighted by atomic mass is 10.0. The number of hydrogen-bond acceptors (Lipinski definition) is 4. The number of carbonyl (C=O) groups excluding carboxylic acids is 1. The molecule has 33 heavy (non-hydrogen) atoms. The van der Waals surface area contributed by atoms with Crippen molar-refractivity contribution < 1.29 is 37.4 Å². The molecule has 6 nitrogen and oxygen atoms in total. The van der Waals surface area contributed by atoms with Crippen LogP contribution in [0.25, 0.3) is 22.2 Å². The maximum absolute atomic E-state index is 14.8. The Hall–Kier alpha value is -3.92. The Morgan fingerprint density at radius 3 is 2.36 bits per heavy atom. The number of carboxylic acid groups (broad SMARTS) is 1. The predicted octanol–water partition coefficient (Wildman–Crippen LogP) is 5.61. The molecule has 168 valence electrons. The molecular weight excluding hydrogens is 468 g/mol. The zero-order chi connectivity index (χ0) is 24.1. The highest BCUT2D eigenvalue weighted by molar-refractivity contribution is 6.34. The van der Waals surface area contributed by atoms with Crippen LogP contribution in [0.3, 0.4) is 0 Å². The third kappa shape index (κ3) is 3.78. The summed E-state index contributed by atoms with van der Waals surface area (Å²) in [5, 5.41) is 22.6. The maximum atomic E-state index is 14.8. The maximum Gasteiger partial charge on any atom is 0.417 e. The molecule has 2 N–H and O–H groups in total. The van der Waals surface area contributed by atoms with Gasteiger partial charge in [0.1, 0.15) is 17.3 Å². The first kappa shape index (κ1) is 22.3. The number of aromatic nitrogens is 2. The summed E-state index contributed by atoms with van der Waals surface area (Å²) in [4.78, 5) is 24.3. The summed E-state index contributed by atoms with van der Waals surface area (Å²) in [6.45, 7) is 0. The molecule has 0 bridgehead atoms. The Morgan fingerprint density at radius 2 is 1.73 bits per heavy atom. The van der Waals surface area contributed by atoms with E-state index in [1.807, 2.05) is 0 Å². The first-order valence-electron chi connectivity index (χ1n) is 9.15. The molecule has 0 aliphatic heterocycles. The van der Waals surface area contributed by atoms with E-state index in [1.165, 1.54) is 12.1 Å². The number of phenols is 1. The minimum absolute atomic E-state index is 0.128. The van der Waals surface area contributed by atoms with Crippen LogP contribution in [-0.4, -0.2) is 31.9 Å². The Kier molecular flexibility index (Phi) is 5.33. The smallest absolute Gasteiger partial charge is 0.417 e. The van der Waals surface area contributed by atoms with Crippen LogP contribution >= 0.6 is 11.6 Å². The lowest BCUT2D eigenvalue weighted by molar-refractivity contribution is -0.137. The fourth-order valence-electron chi connectivity index (χ4n) is 3.42. The summed E-state index contributed by atoms with van der Waals surface area (Å²) in [7, 11) is 0. The number of benzene rings is 3. The van der Waals surface area contributed by atoms with Crippen molar-refractivity contribution in [1.29, 1.82) is 0 Å². The van der Waals surface area contributed by atoms with E-state index in [9.17, 15) is 32.3 Å². The molecule has 0 saturated heterocycles. The van der Waals surface area contributed by atoms with E-state index < -0.39 is 45.8 Å². The molecule has 0 saturated carbocycles. The van der Waals surface area contributed by atoms with Gasteiger partial charge in [-0.25, -0.2) is 9.18 Å². The van der Waals surface area contributed by atoms with Crippen LogP contribution in [0, 0.1) is 5.82 Å². The van der Waals surface area contributed by atoms with E-state index in [2.05, 4.69) is 5.10 Å². The summed E-state index contributed by atoms with van der Waals surface area (Å²) >= 11 is 5.93. The van der Waals surface area contributed by atoms with Crippen molar-refractivity contribution in [3.8, 4) is 17.0 Å². The third-order valence-electron chi connectivity index (χ3n) is 4.88. The first-order valence-corrected chi connectivity index (χ1v) is 9.53. The second-order valence-corrected chi connectivity index (χ2v) is 7.30. The van der Waals surface area contributed by atoms with Crippen molar-refractivity contribution in [2.75, 3.05) is 0 Å². The average Bonchev–Trinajstić information content (AvgIpc) is 3.13. The molecule has 1 aromatic heterocycles. The second kappa shape index (κ2) is 7.89. The molecule has 3 aromatic carbocycles. The molecule has 4 aromatic rings. The van der Waals surface area contributed by atoms with Crippen LogP contribution in [0.5, 0.6) is 5.75 Å². The normalized spacial score (nSPS) is 11.7. The van der Waals surface area contributed by atoms with Crippen LogP contribution in [0.15, 0.2) is 54.6 Å². The van der Waals surface area contributed by atoms with E-state index in [4.69, 9.17) is 16.7 Å². The Balaban J connectivity index is 1.99. The molecule has 0 amide bonds. The van der Waals surface area contributed by atoms with Gasteiger partial charge in [0.15, 0.2) is 0 Å². The van der Waals surface area contributed by atoms with E-state index in [0.717, 1.165) is 36.4 Å². The van der Waals surface area contributed by atoms with Gasteiger partial charge in [0.2, 0.25) is 0 Å². The third-order valence-corrected chi connectivity index (χ3v) is 5.20. The molecule has 0 unspecified atom stereocenters. The predicted molar refractivity (Wildman–Crippen MR) is 110 cm³/mol. The monoisotopic (exact) mass is 478 g/mol. The van der Waals surface area contributed by atoms with Gasteiger partial charge in [-0.1, -0.05) is 23.7 Å². The molecular formula is C22H11ClF4N2O4. The highest BCUT2D eigenvalue weighted by atomic mass is 35.5. The van der Waals surface area contributed by atoms with Gasteiger partial charge in [-0.3, -0.25) is 4.79 Å². The number of fused-ring (bicyclic) bond motifs is 1. The van der Waals surface area contributed by atoms with Crippen molar-refractivity contribution in [2.24, 2.45) is 0 Å². The number of alkyl halides is 3. The lowest BCUT2D eigenvalue weighted by Gasteiger charge is -2.13. The minimum Gasteiger partial charge on any atom is -0.507 e. The second-order valence-electron chi connectivity index (χ2n) is 6.90. The largest absolute Gasteiger partial charge is 0.507 e. The van der Waals surface area contributed by atoms with Crippen LogP contribution < -0.4 is 0 Å². The van der Waals surface area contributed by atoms with Gasteiger partial charge in [-0.15, -0.1) is 0 Å². The van der Waals surface area contributed by atoms with Crippen molar-refractivity contribution in [3.05, 3.63) is 82.1 Å². The van der Waals surface area contributed by atoms with Gasteiger partial charge in [0.25, 0.3) is 5.91 Å². The zero-order valence-electron chi connectivity index (χ0n) is 16.2. The number of carboxylic acids is 1. The van der Waals surface area contributed by atoms with E-state index in [1.54, 1.807) is 0 Å².